The number of hydrogen-bond donors (Lipinski definition) is 1. The molecule has 3 aromatic rings. The van der Waals surface area contributed by atoms with E-state index in [1.165, 1.54) is 29.4 Å². The van der Waals surface area contributed by atoms with Crippen molar-refractivity contribution >= 4 is 33.2 Å². The lowest BCUT2D eigenvalue weighted by molar-refractivity contribution is 0.0775. The molecule has 8 heteroatoms. The van der Waals surface area contributed by atoms with E-state index in [0.29, 0.717) is 11.4 Å². The third-order valence-electron chi connectivity index (χ3n) is 4.56. The molecule has 0 spiro atoms. The van der Waals surface area contributed by atoms with E-state index in [1.807, 2.05) is 19.9 Å². The van der Waals surface area contributed by atoms with Crippen LogP contribution in [-0.2, 0) is 16.6 Å². The number of furan rings is 1. The number of carbonyl (C=O) groups excluding carboxylic acids is 1. The van der Waals surface area contributed by atoms with Gasteiger partial charge in [0.15, 0.2) is 0 Å². The van der Waals surface area contributed by atoms with Gasteiger partial charge in [0.05, 0.1) is 28.3 Å². The minimum Gasteiger partial charge on any atom is -0.467 e. The van der Waals surface area contributed by atoms with Gasteiger partial charge in [0, 0.05) is 12.7 Å². The van der Waals surface area contributed by atoms with Gasteiger partial charge >= 0.3 is 0 Å². The van der Waals surface area contributed by atoms with Gasteiger partial charge in [-0.15, -0.1) is 0 Å². The molecule has 1 N–H and O–H groups in total. The number of halogens is 1. The summed E-state index contributed by atoms with van der Waals surface area (Å²) >= 11 is 6.18. The second-order valence-corrected chi connectivity index (χ2v) is 8.88. The Hall–Kier alpha value is -2.77. The zero-order chi connectivity index (χ0) is 21.2. The van der Waals surface area contributed by atoms with Crippen molar-refractivity contribution in [1.82, 2.24) is 4.90 Å². The summed E-state index contributed by atoms with van der Waals surface area (Å²) in [4.78, 5) is 14.2. The monoisotopic (exact) mass is 432 g/mol. The molecule has 0 saturated heterocycles. The Bertz CT molecular complexity index is 1140. The first-order chi connectivity index (χ1) is 13.7. The highest BCUT2D eigenvalue weighted by Gasteiger charge is 2.21. The maximum absolute atomic E-state index is 12.8. The molecule has 1 heterocycles. The minimum atomic E-state index is -3.89. The lowest BCUT2D eigenvalue weighted by Crippen LogP contribution is -2.26. The number of carbonyl (C=O) groups is 1. The quantitative estimate of drug-likeness (QED) is 0.616. The van der Waals surface area contributed by atoms with Gasteiger partial charge in [0.1, 0.15) is 5.76 Å². The van der Waals surface area contributed by atoms with Gasteiger partial charge in [0.25, 0.3) is 15.9 Å². The molecule has 0 aliphatic heterocycles. The molecule has 6 nitrogen and oxygen atoms in total. The van der Waals surface area contributed by atoms with Crippen LogP contribution in [0.2, 0.25) is 5.02 Å². The molecule has 152 valence electrons. The first-order valence-corrected chi connectivity index (χ1v) is 10.7. The summed E-state index contributed by atoms with van der Waals surface area (Å²) in [6, 6.07) is 12.8. The minimum absolute atomic E-state index is 0.0464. The molecular weight excluding hydrogens is 412 g/mol. The standard InChI is InChI=1S/C21H21ClN2O4S/c1-14-6-7-16(11-15(14)2)23-29(26,27)18-8-9-20(22)19(12-18)21(25)24(3)13-17-5-4-10-28-17/h4-12,23H,13H2,1-3H3. The topological polar surface area (TPSA) is 79.6 Å². The van der Waals surface area contributed by atoms with E-state index < -0.39 is 15.9 Å². The Balaban J connectivity index is 1.86. The van der Waals surface area contributed by atoms with E-state index in [-0.39, 0.29) is 22.0 Å². The lowest BCUT2D eigenvalue weighted by Gasteiger charge is -2.17. The van der Waals surface area contributed by atoms with E-state index in [0.717, 1.165) is 11.1 Å². The van der Waals surface area contributed by atoms with Crippen LogP contribution in [0.1, 0.15) is 27.2 Å². The maximum Gasteiger partial charge on any atom is 0.261 e. The van der Waals surface area contributed by atoms with Crippen molar-refractivity contribution in [3.8, 4) is 0 Å². The van der Waals surface area contributed by atoms with Gasteiger partial charge in [-0.2, -0.15) is 0 Å². The second-order valence-electron chi connectivity index (χ2n) is 6.79. The Morgan fingerprint density at radius 3 is 2.52 bits per heavy atom. The molecule has 0 aliphatic carbocycles. The normalized spacial score (nSPS) is 11.3. The van der Waals surface area contributed by atoms with Crippen LogP contribution in [0.3, 0.4) is 0 Å². The fourth-order valence-electron chi connectivity index (χ4n) is 2.77. The molecule has 0 radical (unpaired) electrons. The van der Waals surface area contributed by atoms with Crippen LogP contribution in [-0.4, -0.2) is 26.3 Å². The molecule has 0 aliphatic rings. The van der Waals surface area contributed by atoms with Crippen LogP contribution >= 0.6 is 11.6 Å². The number of rotatable bonds is 6. The third-order valence-corrected chi connectivity index (χ3v) is 6.27. The fourth-order valence-corrected chi connectivity index (χ4v) is 4.04. The fraction of sp³-hybridized carbons (Fsp3) is 0.190. The molecule has 0 bridgehead atoms. The number of nitrogens with one attached hydrogen (secondary N) is 1. The molecule has 0 unspecified atom stereocenters. The molecule has 3 rings (SSSR count). The molecule has 1 amide bonds. The van der Waals surface area contributed by atoms with Gasteiger partial charge in [-0.3, -0.25) is 9.52 Å². The summed E-state index contributed by atoms with van der Waals surface area (Å²) in [5.74, 6) is 0.201. The first-order valence-electron chi connectivity index (χ1n) is 8.85. The molecular formula is C21H21ClN2O4S. The Morgan fingerprint density at radius 2 is 1.86 bits per heavy atom. The van der Waals surface area contributed by atoms with Crippen molar-refractivity contribution < 1.29 is 17.6 Å². The predicted octanol–water partition coefficient (Wildman–Crippen LogP) is 4.62. The van der Waals surface area contributed by atoms with Gasteiger partial charge < -0.3 is 9.32 Å². The van der Waals surface area contributed by atoms with Crippen molar-refractivity contribution in [1.29, 1.82) is 0 Å². The second kappa shape index (κ2) is 8.31. The number of sulfonamides is 1. The van der Waals surface area contributed by atoms with E-state index >= 15 is 0 Å². The van der Waals surface area contributed by atoms with E-state index in [4.69, 9.17) is 16.0 Å². The predicted molar refractivity (Wildman–Crippen MR) is 113 cm³/mol. The van der Waals surface area contributed by atoms with Crippen LogP contribution in [0.4, 0.5) is 5.69 Å². The van der Waals surface area contributed by atoms with Gasteiger partial charge in [-0.05, 0) is 67.4 Å². The first kappa shape index (κ1) is 21.0. The van der Waals surface area contributed by atoms with Crippen LogP contribution < -0.4 is 4.72 Å². The summed E-state index contributed by atoms with van der Waals surface area (Å²) in [6.07, 6.45) is 1.52. The maximum atomic E-state index is 12.8. The summed E-state index contributed by atoms with van der Waals surface area (Å²) in [5, 5.41) is 0.173. The van der Waals surface area contributed by atoms with Crippen molar-refractivity contribution in [2.24, 2.45) is 0 Å². The molecule has 0 atom stereocenters. The van der Waals surface area contributed by atoms with E-state index in [9.17, 15) is 13.2 Å². The highest BCUT2D eigenvalue weighted by molar-refractivity contribution is 7.92. The summed E-state index contributed by atoms with van der Waals surface area (Å²) < 4.78 is 33.4. The number of hydrogen-bond acceptors (Lipinski definition) is 4. The molecule has 29 heavy (non-hydrogen) atoms. The van der Waals surface area contributed by atoms with Crippen molar-refractivity contribution in [2.45, 2.75) is 25.3 Å². The molecule has 2 aromatic carbocycles. The number of anilines is 1. The van der Waals surface area contributed by atoms with Crippen molar-refractivity contribution in [3.63, 3.8) is 0 Å². The number of aryl methyl sites for hydroxylation is 2. The molecule has 0 saturated carbocycles. The van der Waals surface area contributed by atoms with E-state index in [1.54, 1.807) is 31.3 Å². The third kappa shape index (κ3) is 4.81. The van der Waals surface area contributed by atoms with Crippen molar-refractivity contribution in [2.75, 3.05) is 11.8 Å². The van der Waals surface area contributed by atoms with E-state index in [2.05, 4.69) is 4.72 Å². The van der Waals surface area contributed by atoms with Crippen LogP contribution in [0, 0.1) is 13.8 Å². The zero-order valence-corrected chi connectivity index (χ0v) is 17.8. The van der Waals surface area contributed by atoms with Gasteiger partial charge in [-0.1, -0.05) is 17.7 Å². The number of amides is 1. The van der Waals surface area contributed by atoms with Crippen LogP contribution in [0.25, 0.3) is 0 Å². The summed E-state index contributed by atoms with van der Waals surface area (Å²) in [6.45, 7) is 4.09. The van der Waals surface area contributed by atoms with Gasteiger partial charge in [0.2, 0.25) is 0 Å². The smallest absolute Gasteiger partial charge is 0.261 e. The Labute approximate surface area is 175 Å². The number of nitrogens with zero attached hydrogens (tertiary/aromatic N) is 1. The average molecular weight is 433 g/mol. The molecule has 1 aromatic heterocycles. The van der Waals surface area contributed by atoms with Crippen LogP contribution in [0.15, 0.2) is 64.1 Å². The Kier molecular flexibility index (Phi) is 6.00. The van der Waals surface area contributed by atoms with Gasteiger partial charge in [-0.25, -0.2) is 8.42 Å². The zero-order valence-electron chi connectivity index (χ0n) is 16.3. The largest absolute Gasteiger partial charge is 0.467 e. The summed E-state index contributed by atoms with van der Waals surface area (Å²) in [7, 11) is -2.30. The lowest BCUT2D eigenvalue weighted by atomic mass is 10.1. The SMILES string of the molecule is Cc1ccc(NS(=O)(=O)c2ccc(Cl)c(C(=O)N(C)Cc3ccco3)c2)cc1C. The Morgan fingerprint density at radius 1 is 1.10 bits per heavy atom. The number of benzene rings is 2. The van der Waals surface area contributed by atoms with Crippen molar-refractivity contribution in [3.05, 3.63) is 82.3 Å². The van der Waals surface area contributed by atoms with Crippen LogP contribution in [0.5, 0.6) is 0 Å². The highest BCUT2D eigenvalue weighted by atomic mass is 35.5. The average Bonchev–Trinajstić information content (AvgIpc) is 3.17. The summed E-state index contributed by atoms with van der Waals surface area (Å²) in [5.41, 5.74) is 2.58. The molecule has 0 fully saturated rings. The highest BCUT2D eigenvalue weighted by Crippen LogP contribution is 2.25.